The zero-order valence-corrected chi connectivity index (χ0v) is 10.9. The first-order valence-corrected chi connectivity index (χ1v) is 6.20. The van der Waals surface area contributed by atoms with Crippen LogP contribution in [0, 0.1) is 12.7 Å². The molecule has 0 spiro atoms. The number of halogens is 1. The summed E-state index contributed by atoms with van der Waals surface area (Å²) in [5, 5.41) is 8.00. The van der Waals surface area contributed by atoms with Crippen molar-refractivity contribution in [3.05, 3.63) is 59.9 Å². The molecule has 4 nitrogen and oxygen atoms in total. The van der Waals surface area contributed by atoms with E-state index in [-0.39, 0.29) is 11.5 Å². The summed E-state index contributed by atoms with van der Waals surface area (Å²) in [6, 6.07) is 14.1. The Morgan fingerprint density at radius 1 is 1.05 bits per heavy atom. The molecule has 3 aromatic rings. The van der Waals surface area contributed by atoms with Crippen LogP contribution in [0.3, 0.4) is 0 Å². The van der Waals surface area contributed by atoms with Gasteiger partial charge in [0.25, 0.3) is 0 Å². The molecular formula is C15H13FN4. The monoisotopic (exact) mass is 268 g/mol. The molecule has 0 aliphatic carbocycles. The minimum atomic E-state index is -0.389. The van der Waals surface area contributed by atoms with Gasteiger partial charge in [0.1, 0.15) is 17.2 Å². The van der Waals surface area contributed by atoms with Crippen molar-refractivity contribution in [3.63, 3.8) is 0 Å². The third-order valence-electron chi connectivity index (χ3n) is 3.11. The van der Waals surface area contributed by atoms with Crippen molar-refractivity contribution in [1.82, 2.24) is 15.0 Å². The number of para-hydroxylation sites is 1. The van der Waals surface area contributed by atoms with Crippen molar-refractivity contribution in [3.8, 4) is 16.9 Å². The molecule has 0 fully saturated rings. The van der Waals surface area contributed by atoms with Crippen molar-refractivity contribution < 1.29 is 4.39 Å². The van der Waals surface area contributed by atoms with Crippen LogP contribution in [0.25, 0.3) is 16.9 Å². The van der Waals surface area contributed by atoms with E-state index >= 15 is 0 Å². The number of aromatic nitrogens is 3. The summed E-state index contributed by atoms with van der Waals surface area (Å²) in [6.07, 6.45) is 0. The van der Waals surface area contributed by atoms with Crippen LogP contribution < -0.4 is 5.73 Å². The lowest BCUT2D eigenvalue weighted by Crippen LogP contribution is -2.04. The van der Waals surface area contributed by atoms with Crippen LogP contribution in [-0.4, -0.2) is 15.0 Å². The lowest BCUT2D eigenvalue weighted by Gasteiger charge is -2.04. The predicted octanol–water partition coefficient (Wildman–Crippen LogP) is 2.96. The molecule has 0 amide bonds. The molecule has 0 aliphatic rings. The highest BCUT2D eigenvalue weighted by atomic mass is 19.1. The van der Waals surface area contributed by atoms with E-state index in [4.69, 9.17) is 5.73 Å². The van der Waals surface area contributed by atoms with Crippen LogP contribution >= 0.6 is 0 Å². The number of rotatable bonds is 2. The number of aryl methyl sites for hydroxylation is 1. The van der Waals surface area contributed by atoms with Crippen LogP contribution in [0.4, 0.5) is 10.2 Å². The summed E-state index contributed by atoms with van der Waals surface area (Å²) in [5.41, 5.74) is 8.89. The van der Waals surface area contributed by atoms with E-state index in [0.717, 1.165) is 11.1 Å². The van der Waals surface area contributed by atoms with E-state index in [1.807, 2.05) is 31.2 Å². The van der Waals surface area contributed by atoms with Crippen LogP contribution in [0.1, 0.15) is 5.56 Å². The Balaban J connectivity index is 2.09. The van der Waals surface area contributed by atoms with E-state index in [0.29, 0.717) is 11.5 Å². The van der Waals surface area contributed by atoms with Gasteiger partial charge in [0.2, 0.25) is 0 Å². The molecule has 3 rings (SSSR count). The van der Waals surface area contributed by atoms with Crippen LogP contribution in [0.2, 0.25) is 0 Å². The van der Waals surface area contributed by atoms with Gasteiger partial charge in [-0.25, -0.2) is 4.39 Å². The van der Waals surface area contributed by atoms with Crippen molar-refractivity contribution in [2.24, 2.45) is 0 Å². The first-order chi connectivity index (χ1) is 9.66. The maximum atomic E-state index is 13.8. The van der Waals surface area contributed by atoms with Gasteiger partial charge in [-0.1, -0.05) is 47.2 Å². The summed E-state index contributed by atoms with van der Waals surface area (Å²) < 4.78 is 15.1. The fourth-order valence-electron chi connectivity index (χ4n) is 2.01. The smallest absolute Gasteiger partial charge is 0.156 e. The molecule has 0 aliphatic heterocycles. The number of nitrogen functional groups attached to an aromatic ring is 1. The van der Waals surface area contributed by atoms with E-state index in [2.05, 4.69) is 10.3 Å². The van der Waals surface area contributed by atoms with Crippen LogP contribution in [0.15, 0.2) is 48.5 Å². The fourth-order valence-corrected chi connectivity index (χ4v) is 2.01. The van der Waals surface area contributed by atoms with E-state index in [9.17, 15) is 4.39 Å². The molecule has 100 valence electrons. The molecule has 0 saturated carbocycles. The molecule has 0 bridgehead atoms. The number of nitrogens with zero attached hydrogens (tertiary/aromatic N) is 3. The molecular weight excluding hydrogens is 255 g/mol. The van der Waals surface area contributed by atoms with Crippen molar-refractivity contribution in [1.29, 1.82) is 0 Å². The zero-order chi connectivity index (χ0) is 14.1. The van der Waals surface area contributed by atoms with E-state index < -0.39 is 0 Å². The Labute approximate surface area is 115 Å². The fraction of sp³-hybridized carbons (Fsp3) is 0.0667. The van der Waals surface area contributed by atoms with Gasteiger partial charge in [-0.2, -0.15) is 4.68 Å². The molecule has 2 aromatic carbocycles. The Kier molecular flexibility index (Phi) is 2.95. The van der Waals surface area contributed by atoms with Crippen molar-refractivity contribution in [2.75, 3.05) is 5.73 Å². The predicted molar refractivity (Wildman–Crippen MR) is 75.9 cm³/mol. The second-order valence-corrected chi connectivity index (χ2v) is 4.55. The molecule has 0 radical (unpaired) electrons. The molecule has 0 atom stereocenters. The number of benzene rings is 2. The highest BCUT2D eigenvalue weighted by molar-refractivity contribution is 5.71. The largest absolute Gasteiger partial charge is 0.382 e. The Bertz CT molecular complexity index is 747. The van der Waals surface area contributed by atoms with E-state index in [1.54, 1.807) is 18.2 Å². The third-order valence-corrected chi connectivity index (χ3v) is 3.11. The molecule has 20 heavy (non-hydrogen) atoms. The Morgan fingerprint density at radius 3 is 2.45 bits per heavy atom. The van der Waals surface area contributed by atoms with Gasteiger partial charge >= 0.3 is 0 Å². The minimum absolute atomic E-state index is 0.288. The quantitative estimate of drug-likeness (QED) is 0.777. The normalized spacial score (nSPS) is 10.7. The van der Waals surface area contributed by atoms with Gasteiger partial charge in [0.15, 0.2) is 5.82 Å². The van der Waals surface area contributed by atoms with Crippen molar-refractivity contribution in [2.45, 2.75) is 6.92 Å². The van der Waals surface area contributed by atoms with Crippen LogP contribution in [-0.2, 0) is 0 Å². The van der Waals surface area contributed by atoms with Gasteiger partial charge in [-0.05, 0) is 19.1 Å². The van der Waals surface area contributed by atoms with Gasteiger partial charge in [0.05, 0.1) is 0 Å². The van der Waals surface area contributed by atoms with E-state index in [1.165, 1.54) is 10.7 Å². The number of hydrogen-bond donors (Lipinski definition) is 1. The average Bonchev–Trinajstić information content (AvgIpc) is 2.82. The highest BCUT2D eigenvalue weighted by Crippen LogP contribution is 2.26. The Hall–Kier alpha value is -2.69. The van der Waals surface area contributed by atoms with Crippen molar-refractivity contribution >= 4 is 5.82 Å². The maximum absolute atomic E-state index is 13.8. The Morgan fingerprint density at radius 2 is 1.75 bits per heavy atom. The average molecular weight is 268 g/mol. The summed E-state index contributed by atoms with van der Waals surface area (Å²) in [4.78, 5) is 0. The van der Waals surface area contributed by atoms with Gasteiger partial charge in [-0.3, -0.25) is 0 Å². The zero-order valence-electron chi connectivity index (χ0n) is 10.9. The van der Waals surface area contributed by atoms with Gasteiger partial charge < -0.3 is 5.73 Å². The molecule has 0 saturated heterocycles. The first kappa shape index (κ1) is 12.3. The number of nitrogens with two attached hydrogens (primary N) is 1. The summed E-state index contributed by atoms with van der Waals surface area (Å²) in [7, 11) is 0. The SMILES string of the molecule is Cc1ccc(-c2nnn(-c3ccccc3F)c2N)cc1. The first-order valence-electron chi connectivity index (χ1n) is 6.20. The van der Waals surface area contributed by atoms with Gasteiger partial charge in [-0.15, -0.1) is 5.10 Å². The summed E-state index contributed by atoms with van der Waals surface area (Å²) in [6.45, 7) is 2.00. The number of hydrogen-bond acceptors (Lipinski definition) is 3. The molecule has 0 unspecified atom stereocenters. The maximum Gasteiger partial charge on any atom is 0.156 e. The van der Waals surface area contributed by atoms with Gasteiger partial charge in [0, 0.05) is 5.56 Å². The third kappa shape index (κ3) is 2.03. The molecule has 5 heteroatoms. The highest BCUT2D eigenvalue weighted by Gasteiger charge is 2.14. The standard InChI is InChI=1S/C15H13FN4/c1-10-6-8-11(9-7-10)14-15(17)20(19-18-14)13-5-3-2-4-12(13)16/h2-9H,17H2,1H3. The molecule has 2 N–H and O–H groups in total. The second kappa shape index (κ2) is 4.77. The summed E-state index contributed by atoms with van der Waals surface area (Å²) in [5.74, 6) is -0.0708. The molecule has 1 heterocycles. The summed E-state index contributed by atoms with van der Waals surface area (Å²) >= 11 is 0. The topological polar surface area (TPSA) is 56.7 Å². The molecule has 1 aromatic heterocycles. The lowest BCUT2D eigenvalue weighted by atomic mass is 10.1. The second-order valence-electron chi connectivity index (χ2n) is 4.55. The number of anilines is 1. The lowest BCUT2D eigenvalue weighted by molar-refractivity contribution is 0.608. The minimum Gasteiger partial charge on any atom is -0.382 e. The van der Waals surface area contributed by atoms with Crippen LogP contribution in [0.5, 0.6) is 0 Å².